The van der Waals surface area contributed by atoms with Gasteiger partial charge >= 0.3 is 0 Å². The van der Waals surface area contributed by atoms with E-state index in [1.807, 2.05) is 18.2 Å². The first kappa shape index (κ1) is 13.7. The molecular weight excluding hydrogens is 252 g/mol. The molecule has 1 N–H and O–H groups in total. The predicted octanol–water partition coefficient (Wildman–Crippen LogP) is 2.32. The Kier molecular flexibility index (Phi) is 4.39. The van der Waals surface area contributed by atoms with Crippen molar-refractivity contribution in [2.45, 2.75) is 0 Å². The zero-order chi connectivity index (χ0) is 14.4. The smallest absolute Gasteiger partial charge is 0.251 e. The summed E-state index contributed by atoms with van der Waals surface area (Å²) in [6.07, 6.45) is 7.26. The maximum absolute atomic E-state index is 11.5. The molecule has 2 aromatic rings. The Labute approximate surface area is 117 Å². The van der Waals surface area contributed by atoms with Crippen LogP contribution in [0.4, 0.5) is 0 Å². The fraction of sp³-hybridized carbons (Fsp3) is 0.0625. The molecular formula is C16H14N2O2. The molecule has 1 amide bonds. The quantitative estimate of drug-likeness (QED) is 0.682. The molecule has 0 radical (unpaired) electrons. The average Bonchev–Trinajstić information content (AvgIpc) is 2.52. The lowest BCUT2D eigenvalue weighted by Crippen LogP contribution is -2.17. The number of nitrogens with one attached hydrogen (secondary N) is 1. The summed E-state index contributed by atoms with van der Waals surface area (Å²) < 4.78 is 0. The van der Waals surface area contributed by atoms with Gasteiger partial charge in [-0.05, 0) is 41.5 Å². The van der Waals surface area contributed by atoms with Gasteiger partial charge < -0.3 is 5.32 Å². The topological polar surface area (TPSA) is 59.1 Å². The fourth-order valence-electron chi connectivity index (χ4n) is 1.89. The third-order valence-electron chi connectivity index (χ3n) is 2.89. The van der Waals surface area contributed by atoms with E-state index in [2.05, 4.69) is 10.3 Å². The lowest BCUT2D eigenvalue weighted by atomic mass is 10.00. The van der Waals surface area contributed by atoms with Crippen LogP contribution in [0.5, 0.6) is 0 Å². The van der Waals surface area contributed by atoms with Crippen LogP contribution in [-0.2, 0) is 4.79 Å². The molecule has 0 bridgehead atoms. The molecule has 0 saturated carbocycles. The minimum atomic E-state index is -0.118. The first-order chi connectivity index (χ1) is 9.76. The van der Waals surface area contributed by atoms with Crippen LogP contribution in [0.25, 0.3) is 17.2 Å². The third kappa shape index (κ3) is 2.98. The number of hydrogen-bond acceptors (Lipinski definition) is 3. The Balaban J connectivity index is 2.39. The highest BCUT2D eigenvalue weighted by atomic mass is 16.1. The van der Waals surface area contributed by atoms with E-state index in [1.165, 1.54) is 6.08 Å². The largest absolute Gasteiger partial charge is 0.355 e. The van der Waals surface area contributed by atoms with E-state index in [1.54, 1.807) is 37.7 Å². The predicted molar refractivity (Wildman–Crippen MR) is 78.2 cm³/mol. The van der Waals surface area contributed by atoms with E-state index in [0.717, 1.165) is 23.0 Å². The van der Waals surface area contributed by atoms with Crippen molar-refractivity contribution >= 4 is 18.3 Å². The number of aldehydes is 1. The van der Waals surface area contributed by atoms with Gasteiger partial charge in [0.2, 0.25) is 0 Å². The number of nitrogens with zero attached hydrogens (tertiary/aromatic N) is 1. The molecule has 0 aliphatic carbocycles. The van der Waals surface area contributed by atoms with E-state index in [4.69, 9.17) is 0 Å². The molecule has 4 heteroatoms. The SMILES string of the molecule is CNC(=O)c1ccc(-c2ccncc2C=CC=O)cc1. The highest BCUT2D eigenvalue weighted by molar-refractivity contribution is 5.94. The van der Waals surface area contributed by atoms with Gasteiger partial charge in [-0.15, -0.1) is 0 Å². The summed E-state index contributed by atoms with van der Waals surface area (Å²) in [5, 5.41) is 2.58. The molecule has 0 unspecified atom stereocenters. The van der Waals surface area contributed by atoms with Crippen molar-refractivity contribution in [2.24, 2.45) is 0 Å². The number of benzene rings is 1. The Morgan fingerprint density at radius 2 is 1.95 bits per heavy atom. The summed E-state index contributed by atoms with van der Waals surface area (Å²) >= 11 is 0. The monoisotopic (exact) mass is 266 g/mol. The molecule has 0 fully saturated rings. The average molecular weight is 266 g/mol. The first-order valence-corrected chi connectivity index (χ1v) is 6.14. The molecule has 2 rings (SSSR count). The zero-order valence-corrected chi connectivity index (χ0v) is 11.0. The van der Waals surface area contributed by atoms with Crippen LogP contribution in [0.15, 0.2) is 48.8 Å². The molecule has 20 heavy (non-hydrogen) atoms. The Bertz CT molecular complexity index is 646. The maximum atomic E-state index is 11.5. The highest BCUT2D eigenvalue weighted by Crippen LogP contribution is 2.24. The molecule has 1 heterocycles. The molecule has 0 aliphatic heterocycles. The number of amides is 1. The molecule has 0 spiro atoms. The summed E-state index contributed by atoms with van der Waals surface area (Å²) in [5.74, 6) is -0.118. The number of rotatable bonds is 4. The van der Waals surface area contributed by atoms with Gasteiger partial charge in [0.1, 0.15) is 6.29 Å². The summed E-state index contributed by atoms with van der Waals surface area (Å²) in [6.45, 7) is 0. The van der Waals surface area contributed by atoms with Gasteiger partial charge in [0.25, 0.3) is 5.91 Å². The van der Waals surface area contributed by atoms with E-state index in [0.29, 0.717) is 5.56 Å². The van der Waals surface area contributed by atoms with Crippen LogP contribution in [-0.4, -0.2) is 24.2 Å². The normalized spacial score (nSPS) is 10.4. The van der Waals surface area contributed by atoms with Crippen LogP contribution in [0.2, 0.25) is 0 Å². The van der Waals surface area contributed by atoms with E-state index in [9.17, 15) is 9.59 Å². The number of allylic oxidation sites excluding steroid dienone is 1. The lowest BCUT2D eigenvalue weighted by molar-refractivity contribution is -0.104. The van der Waals surface area contributed by atoms with Crippen molar-refractivity contribution < 1.29 is 9.59 Å². The van der Waals surface area contributed by atoms with E-state index < -0.39 is 0 Å². The standard InChI is InChI=1S/C16H14N2O2/c1-17-16(20)13-6-4-12(5-7-13)15-8-9-18-11-14(15)3-2-10-19/h2-11H,1H3,(H,17,20). The summed E-state index contributed by atoms with van der Waals surface area (Å²) in [7, 11) is 1.60. The van der Waals surface area contributed by atoms with Gasteiger partial charge in [0.15, 0.2) is 0 Å². The van der Waals surface area contributed by atoms with Crippen LogP contribution in [0.1, 0.15) is 15.9 Å². The minimum absolute atomic E-state index is 0.118. The first-order valence-electron chi connectivity index (χ1n) is 6.14. The van der Waals surface area contributed by atoms with Gasteiger partial charge in [0, 0.05) is 30.6 Å². The van der Waals surface area contributed by atoms with Crippen molar-refractivity contribution in [1.29, 1.82) is 0 Å². The van der Waals surface area contributed by atoms with Gasteiger partial charge in [-0.25, -0.2) is 0 Å². The van der Waals surface area contributed by atoms with Crippen LogP contribution >= 0.6 is 0 Å². The number of pyridine rings is 1. The molecule has 1 aromatic carbocycles. The van der Waals surface area contributed by atoms with Crippen LogP contribution in [0, 0.1) is 0 Å². The number of hydrogen-bond donors (Lipinski definition) is 1. The summed E-state index contributed by atoms with van der Waals surface area (Å²) in [4.78, 5) is 26.0. The number of carbonyl (C=O) groups is 2. The summed E-state index contributed by atoms with van der Waals surface area (Å²) in [6, 6.07) is 9.15. The van der Waals surface area contributed by atoms with Crippen molar-refractivity contribution in [2.75, 3.05) is 7.05 Å². The highest BCUT2D eigenvalue weighted by Gasteiger charge is 2.05. The minimum Gasteiger partial charge on any atom is -0.355 e. The second-order valence-electron chi connectivity index (χ2n) is 4.11. The van der Waals surface area contributed by atoms with Gasteiger partial charge in [-0.2, -0.15) is 0 Å². The zero-order valence-electron chi connectivity index (χ0n) is 11.0. The number of aromatic nitrogens is 1. The second-order valence-corrected chi connectivity index (χ2v) is 4.11. The Morgan fingerprint density at radius 3 is 2.60 bits per heavy atom. The van der Waals surface area contributed by atoms with Crippen molar-refractivity contribution in [3.05, 3.63) is 59.9 Å². The van der Waals surface area contributed by atoms with Crippen molar-refractivity contribution in [3.8, 4) is 11.1 Å². The van der Waals surface area contributed by atoms with Crippen molar-refractivity contribution in [1.82, 2.24) is 10.3 Å². The Morgan fingerprint density at radius 1 is 1.20 bits per heavy atom. The van der Waals surface area contributed by atoms with E-state index in [-0.39, 0.29) is 5.91 Å². The molecule has 0 atom stereocenters. The molecule has 4 nitrogen and oxygen atoms in total. The molecule has 0 saturated heterocycles. The lowest BCUT2D eigenvalue weighted by Gasteiger charge is -2.06. The van der Waals surface area contributed by atoms with Crippen LogP contribution in [0.3, 0.4) is 0 Å². The maximum Gasteiger partial charge on any atom is 0.251 e. The molecule has 0 aliphatic rings. The van der Waals surface area contributed by atoms with Gasteiger partial charge in [-0.1, -0.05) is 12.1 Å². The second kappa shape index (κ2) is 6.43. The Hall–Kier alpha value is -2.75. The summed E-state index contributed by atoms with van der Waals surface area (Å²) in [5.41, 5.74) is 3.38. The fourth-order valence-corrected chi connectivity index (χ4v) is 1.89. The molecule has 1 aromatic heterocycles. The third-order valence-corrected chi connectivity index (χ3v) is 2.89. The molecule has 100 valence electrons. The van der Waals surface area contributed by atoms with Gasteiger partial charge in [0.05, 0.1) is 0 Å². The van der Waals surface area contributed by atoms with Crippen LogP contribution < -0.4 is 5.32 Å². The van der Waals surface area contributed by atoms with Gasteiger partial charge in [-0.3, -0.25) is 14.6 Å². The van der Waals surface area contributed by atoms with E-state index >= 15 is 0 Å². The van der Waals surface area contributed by atoms with Crippen molar-refractivity contribution in [3.63, 3.8) is 0 Å². The number of carbonyl (C=O) groups excluding carboxylic acids is 2.